The Morgan fingerprint density at radius 3 is 2.56 bits per heavy atom. The van der Waals surface area contributed by atoms with Gasteiger partial charge >= 0.3 is 0 Å². The van der Waals surface area contributed by atoms with E-state index in [1.807, 2.05) is 19.0 Å². The zero-order chi connectivity index (χ0) is 23.8. The Balaban J connectivity index is 1.94. The van der Waals surface area contributed by atoms with Gasteiger partial charge in [0.2, 0.25) is 17.7 Å². The van der Waals surface area contributed by atoms with Crippen LogP contribution < -0.4 is 10.6 Å². The van der Waals surface area contributed by atoms with Gasteiger partial charge in [-0.3, -0.25) is 14.4 Å². The first-order valence-electron chi connectivity index (χ1n) is 10.8. The number of aliphatic hydroxyl groups is 1. The number of phenols is 2. The molecule has 0 spiro atoms. The maximum absolute atomic E-state index is 13.0. The van der Waals surface area contributed by atoms with Crippen LogP contribution in [-0.4, -0.2) is 94.8 Å². The van der Waals surface area contributed by atoms with Crippen molar-refractivity contribution < 1.29 is 29.7 Å². The molecule has 1 aliphatic heterocycles. The fourth-order valence-corrected chi connectivity index (χ4v) is 3.62. The van der Waals surface area contributed by atoms with Crippen molar-refractivity contribution >= 4 is 17.7 Å². The van der Waals surface area contributed by atoms with Crippen LogP contribution in [0.25, 0.3) is 0 Å². The number of aliphatic hydroxyl groups excluding tert-OH is 1. The van der Waals surface area contributed by atoms with Gasteiger partial charge in [0.05, 0.1) is 0 Å². The Labute approximate surface area is 188 Å². The van der Waals surface area contributed by atoms with Gasteiger partial charge in [-0.2, -0.15) is 0 Å². The number of piperidine rings is 1. The van der Waals surface area contributed by atoms with Crippen molar-refractivity contribution in [2.45, 2.75) is 50.8 Å². The lowest BCUT2D eigenvalue weighted by Gasteiger charge is -2.36. The molecule has 0 aliphatic carbocycles. The highest BCUT2D eigenvalue weighted by molar-refractivity contribution is 5.92. The van der Waals surface area contributed by atoms with E-state index in [-0.39, 0.29) is 29.7 Å². The quantitative estimate of drug-likeness (QED) is 0.321. The molecular formula is C22H34N4O6. The monoisotopic (exact) mass is 450 g/mol. The smallest absolute Gasteiger partial charge is 0.249 e. The Kier molecular flexibility index (Phi) is 9.27. The molecule has 0 bridgehead atoms. The third-order valence-electron chi connectivity index (χ3n) is 5.45. The summed E-state index contributed by atoms with van der Waals surface area (Å²) >= 11 is 0. The topological polar surface area (TPSA) is 142 Å². The van der Waals surface area contributed by atoms with Gasteiger partial charge in [-0.05, 0) is 58.0 Å². The Morgan fingerprint density at radius 2 is 1.91 bits per heavy atom. The van der Waals surface area contributed by atoms with Crippen LogP contribution in [-0.2, 0) is 20.8 Å². The predicted octanol–water partition coefficient (Wildman–Crippen LogP) is -0.435. The molecule has 0 aromatic heterocycles. The van der Waals surface area contributed by atoms with Crippen molar-refractivity contribution in [3.63, 3.8) is 0 Å². The van der Waals surface area contributed by atoms with E-state index in [0.29, 0.717) is 31.6 Å². The van der Waals surface area contributed by atoms with Gasteiger partial charge in [0.1, 0.15) is 18.2 Å². The molecular weight excluding hydrogens is 416 g/mol. The average Bonchev–Trinajstić information content (AvgIpc) is 2.75. The lowest BCUT2D eigenvalue weighted by Crippen LogP contribution is -2.57. The van der Waals surface area contributed by atoms with E-state index in [4.69, 9.17) is 0 Å². The number of amides is 3. The zero-order valence-corrected chi connectivity index (χ0v) is 18.9. The normalized spacial score (nSPS) is 18.2. The van der Waals surface area contributed by atoms with E-state index in [9.17, 15) is 29.7 Å². The highest BCUT2D eigenvalue weighted by Gasteiger charge is 2.35. The van der Waals surface area contributed by atoms with Crippen molar-refractivity contribution in [2.75, 3.05) is 33.7 Å². The number of nitrogens with zero attached hydrogens (tertiary/aromatic N) is 2. The van der Waals surface area contributed by atoms with Gasteiger partial charge in [0, 0.05) is 26.1 Å². The second kappa shape index (κ2) is 11.7. The lowest BCUT2D eigenvalue weighted by atomic mass is 10.00. The van der Waals surface area contributed by atoms with Crippen molar-refractivity contribution in [3.8, 4) is 11.5 Å². The number of likely N-dealkylation sites (N-methyl/N-ethyl adjacent to an activating group) is 1. The maximum atomic E-state index is 13.0. The summed E-state index contributed by atoms with van der Waals surface area (Å²) in [5.74, 6) is -1.96. The molecule has 2 rings (SSSR count). The van der Waals surface area contributed by atoms with E-state index in [0.717, 1.165) is 12.8 Å². The number of benzene rings is 1. The highest BCUT2D eigenvalue weighted by atomic mass is 16.3. The Bertz CT molecular complexity index is 816. The van der Waals surface area contributed by atoms with Crippen LogP contribution >= 0.6 is 0 Å². The van der Waals surface area contributed by atoms with Crippen molar-refractivity contribution in [1.29, 1.82) is 0 Å². The van der Waals surface area contributed by atoms with Crippen LogP contribution in [0.1, 0.15) is 31.7 Å². The minimum atomic E-state index is -1.44. The first-order valence-corrected chi connectivity index (χ1v) is 10.8. The third kappa shape index (κ3) is 7.10. The van der Waals surface area contributed by atoms with Crippen molar-refractivity contribution in [1.82, 2.24) is 20.4 Å². The van der Waals surface area contributed by atoms with Gasteiger partial charge in [-0.1, -0.05) is 6.07 Å². The lowest BCUT2D eigenvalue weighted by molar-refractivity contribution is -0.145. The van der Waals surface area contributed by atoms with Gasteiger partial charge in [-0.15, -0.1) is 0 Å². The van der Waals surface area contributed by atoms with Crippen molar-refractivity contribution in [2.24, 2.45) is 0 Å². The van der Waals surface area contributed by atoms with E-state index in [2.05, 4.69) is 10.6 Å². The summed E-state index contributed by atoms with van der Waals surface area (Å²) in [5.41, 5.74) is 0.451. The first kappa shape index (κ1) is 25.4. The van der Waals surface area contributed by atoms with Gasteiger partial charge in [0.25, 0.3) is 0 Å². The summed E-state index contributed by atoms with van der Waals surface area (Å²) in [6, 6.07) is 2.51. The number of hydrogen-bond acceptors (Lipinski definition) is 7. The van der Waals surface area contributed by atoms with E-state index in [1.54, 1.807) is 0 Å². The maximum Gasteiger partial charge on any atom is 0.249 e. The predicted molar refractivity (Wildman–Crippen MR) is 118 cm³/mol. The average molecular weight is 451 g/mol. The number of phenolic OH excluding ortho intramolecular Hbond substituents is 2. The second-order valence-electron chi connectivity index (χ2n) is 8.41. The molecule has 1 aromatic carbocycles. The Morgan fingerprint density at radius 1 is 1.19 bits per heavy atom. The minimum absolute atomic E-state index is 0.0960. The summed E-state index contributed by atoms with van der Waals surface area (Å²) < 4.78 is 0. The molecule has 32 heavy (non-hydrogen) atoms. The number of nitrogens with one attached hydrogen (secondary N) is 2. The fraction of sp³-hybridized carbons (Fsp3) is 0.591. The molecule has 1 aromatic rings. The molecule has 1 saturated heterocycles. The van der Waals surface area contributed by atoms with Gasteiger partial charge in [-0.25, -0.2) is 0 Å². The number of likely N-dealkylation sites (tertiary alicyclic amines) is 1. The molecule has 10 nitrogen and oxygen atoms in total. The SMILES string of the molecule is CC(NC(=O)C(O)Cc1ccc(O)c(O)c1)C(=O)N1CCCCC1C(=O)NCCN(C)C. The zero-order valence-electron chi connectivity index (χ0n) is 18.9. The first-order chi connectivity index (χ1) is 15.1. The fourth-order valence-electron chi connectivity index (χ4n) is 3.62. The van der Waals surface area contributed by atoms with Crippen molar-refractivity contribution in [3.05, 3.63) is 23.8 Å². The molecule has 178 valence electrons. The van der Waals surface area contributed by atoms with Crippen LogP contribution in [0, 0.1) is 0 Å². The molecule has 10 heteroatoms. The number of aromatic hydroxyl groups is 2. The summed E-state index contributed by atoms with van der Waals surface area (Å²) in [6.45, 7) is 3.13. The van der Waals surface area contributed by atoms with Crippen LogP contribution in [0.4, 0.5) is 0 Å². The molecule has 1 aliphatic rings. The minimum Gasteiger partial charge on any atom is -0.504 e. The molecule has 1 heterocycles. The highest BCUT2D eigenvalue weighted by Crippen LogP contribution is 2.25. The molecule has 3 amide bonds. The number of hydrogen-bond donors (Lipinski definition) is 5. The molecule has 3 unspecified atom stereocenters. The molecule has 3 atom stereocenters. The summed E-state index contributed by atoms with van der Waals surface area (Å²) in [4.78, 5) is 41.4. The molecule has 1 fully saturated rings. The number of carbonyl (C=O) groups is 3. The van der Waals surface area contributed by atoms with E-state index in [1.165, 1.54) is 30.0 Å². The Hall–Kier alpha value is -2.85. The largest absolute Gasteiger partial charge is 0.504 e. The van der Waals surface area contributed by atoms with Crippen LogP contribution in [0.15, 0.2) is 18.2 Å². The van der Waals surface area contributed by atoms with E-state index < -0.39 is 24.1 Å². The van der Waals surface area contributed by atoms with Gasteiger partial charge in [0.15, 0.2) is 11.5 Å². The van der Waals surface area contributed by atoms with Crippen LogP contribution in [0.2, 0.25) is 0 Å². The molecule has 0 saturated carbocycles. The third-order valence-corrected chi connectivity index (χ3v) is 5.45. The standard InChI is InChI=1S/C22H34N4O6/c1-14(24-21(31)19(29)13-15-7-8-17(27)18(28)12-15)22(32)26-10-5-4-6-16(26)20(30)23-9-11-25(2)3/h7-8,12,14,16,19,27-29H,4-6,9-11,13H2,1-3H3,(H,23,30)(H,24,31). The van der Waals surface area contributed by atoms with Crippen LogP contribution in [0.3, 0.4) is 0 Å². The molecule has 0 radical (unpaired) electrons. The van der Waals surface area contributed by atoms with Crippen LogP contribution in [0.5, 0.6) is 11.5 Å². The second-order valence-corrected chi connectivity index (χ2v) is 8.41. The summed E-state index contributed by atoms with van der Waals surface area (Å²) in [7, 11) is 3.82. The summed E-state index contributed by atoms with van der Waals surface area (Å²) in [6.07, 6.45) is 0.643. The van der Waals surface area contributed by atoms with E-state index >= 15 is 0 Å². The number of rotatable bonds is 9. The summed E-state index contributed by atoms with van der Waals surface area (Å²) in [5, 5.41) is 34.5. The number of carbonyl (C=O) groups excluding carboxylic acids is 3. The van der Waals surface area contributed by atoms with Gasteiger partial charge < -0.3 is 35.8 Å². The molecule has 5 N–H and O–H groups in total.